The number of H-pyrrole nitrogens is 1. The third-order valence-corrected chi connectivity index (χ3v) is 6.88. The first-order chi connectivity index (χ1) is 16.1. The third-order valence-electron chi connectivity index (χ3n) is 5.34. The van der Waals surface area contributed by atoms with Gasteiger partial charge >= 0.3 is 0 Å². The van der Waals surface area contributed by atoms with Gasteiger partial charge in [-0.15, -0.1) is 0 Å². The van der Waals surface area contributed by atoms with Crippen molar-refractivity contribution in [2.45, 2.75) is 86.1 Å². The van der Waals surface area contributed by atoms with Crippen molar-refractivity contribution in [1.82, 2.24) is 9.97 Å². The van der Waals surface area contributed by atoms with Crippen molar-refractivity contribution in [2.75, 3.05) is 16.8 Å². The van der Waals surface area contributed by atoms with Gasteiger partial charge in [-0.05, 0) is 50.0 Å². The topological polar surface area (TPSA) is 95.8 Å². The molecule has 1 amide bonds. The normalized spacial score (nSPS) is 13.5. The molecule has 1 atom stereocenters. The molecule has 0 saturated carbocycles. The molecule has 0 aliphatic carbocycles. The summed E-state index contributed by atoms with van der Waals surface area (Å²) in [6, 6.07) is 4.81. The van der Waals surface area contributed by atoms with Crippen molar-refractivity contribution in [3.8, 4) is 0 Å². The molecule has 0 bridgehead atoms. The summed E-state index contributed by atoms with van der Waals surface area (Å²) >= 11 is 0. The van der Waals surface area contributed by atoms with Crippen molar-refractivity contribution >= 4 is 36.9 Å². The number of nitrogens with zero attached hydrogens (tertiary/aromatic N) is 1. The van der Waals surface area contributed by atoms with Crippen molar-refractivity contribution in [2.24, 2.45) is 11.1 Å². The maximum Gasteiger partial charge on any atom is 0.260 e. The molecule has 1 unspecified atom stereocenters. The first-order valence-electron chi connectivity index (χ1n) is 12.2. The van der Waals surface area contributed by atoms with Gasteiger partial charge in [0.25, 0.3) is 5.91 Å². The van der Waals surface area contributed by atoms with E-state index in [1.807, 2.05) is 0 Å². The molecule has 0 aliphatic rings. The predicted molar refractivity (Wildman–Crippen MR) is 149 cm³/mol. The summed E-state index contributed by atoms with van der Waals surface area (Å²) in [6.45, 7) is 19.2. The Morgan fingerprint density at radius 2 is 1.83 bits per heavy atom. The van der Waals surface area contributed by atoms with Gasteiger partial charge in [-0.25, -0.2) is 9.37 Å². The number of aromatic amines is 1. The van der Waals surface area contributed by atoms with Crippen LogP contribution in [0.25, 0.3) is 5.57 Å². The number of nitrogens with one attached hydrogen (secondary N) is 3. The molecule has 194 valence electrons. The van der Waals surface area contributed by atoms with Gasteiger partial charge in [-0.3, -0.25) is 4.79 Å². The number of hydrogen-bond acceptors (Lipinski definition) is 4. The number of carbonyl (C=O) groups is 1. The van der Waals surface area contributed by atoms with Gasteiger partial charge in [-0.2, -0.15) is 0 Å². The second-order valence-electron chi connectivity index (χ2n) is 12.0. The van der Waals surface area contributed by atoms with Crippen LogP contribution in [0, 0.1) is 11.2 Å². The number of rotatable bonds is 9. The van der Waals surface area contributed by atoms with Gasteiger partial charge in [0.15, 0.2) is 0 Å². The van der Waals surface area contributed by atoms with E-state index in [9.17, 15) is 9.18 Å². The van der Waals surface area contributed by atoms with Gasteiger partial charge < -0.3 is 21.4 Å². The monoisotopic (exact) mass is 503 g/mol. The summed E-state index contributed by atoms with van der Waals surface area (Å²) in [6.07, 6.45) is 4.11. The Balaban J connectivity index is 2.32. The molecule has 0 aliphatic heterocycles. The fraction of sp³-hybridized carbons (Fsp3) is 0.556. The van der Waals surface area contributed by atoms with Gasteiger partial charge in [0.2, 0.25) is 0 Å². The van der Waals surface area contributed by atoms with E-state index in [2.05, 4.69) is 77.9 Å². The van der Waals surface area contributed by atoms with Crippen LogP contribution in [0.15, 0.2) is 24.4 Å². The number of amides is 1. The highest BCUT2D eigenvalue weighted by Crippen LogP contribution is 2.34. The van der Waals surface area contributed by atoms with E-state index >= 15 is 0 Å². The predicted octanol–water partition coefficient (Wildman–Crippen LogP) is 6.13. The molecule has 0 spiro atoms. The van der Waals surface area contributed by atoms with Crippen molar-refractivity contribution in [1.29, 1.82) is 0 Å². The second-order valence-corrected chi connectivity index (χ2v) is 13.4. The Hall–Kier alpha value is -2.40. The summed E-state index contributed by atoms with van der Waals surface area (Å²) < 4.78 is 14.5. The Kier molecular flexibility index (Phi) is 9.16. The number of anilines is 2. The molecule has 2 rings (SSSR count). The molecule has 0 fully saturated rings. The fourth-order valence-electron chi connectivity index (χ4n) is 4.28. The van der Waals surface area contributed by atoms with Crippen LogP contribution in [0.1, 0.15) is 86.7 Å². The molecule has 1 aromatic carbocycles. The van der Waals surface area contributed by atoms with Gasteiger partial charge in [0.1, 0.15) is 17.5 Å². The van der Waals surface area contributed by atoms with E-state index in [4.69, 9.17) is 10.7 Å². The average molecular weight is 504 g/mol. The lowest BCUT2D eigenvalue weighted by molar-refractivity contribution is -0.111. The summed E-state index contributed by atoms with van der Waals surface area (Å²) in [5.74, 6) is 0.297. The molecule has 2 aromatic rings. The van der Waals surface area contributed by atoms with E-state index in [-0.39, 0.29) is 27.8 Å². The van der Waals surface area contributed by atoms with Crippen LogP contribution in [0.3, 0.4) is 0 Å². The Morgan fingerprint density at radius 1 is 1.17 bits per heavy atom. The first kappa shape index (κ1) is 28.8. The largest absolute Gasteiger partial charge is 0.404 e. The van der Waals surface area contributed by atoms with E-state index in [1.165, 1.54) is 12.3 Å². The van der Waals surface area contributed by atoms with E-state index in [1.54, 1.807) is 12.1 Å². The minimum Gasteiger partial charge on any atom is -0.404 e. The number of nitrogens with two attached hydrogens (primary N) is 1. The summed E-state index contributed by atoms with van der Waals surface area (Å²) in [4.78, 5) is 21.2. The lowest BCUT2D eigenvalue weighted by atomic mass is 9.81. The first-order valence-corrected chi connectivity index (χ1v) is 13.4. The fourth-order valence-corrected chi connectivity index (χ4v) is 5.24. The summed E-state index contributed by atoms with van der Waals surface area (Å²) in [5, 5.41) is 7.01. The number of imidazole rings is 1. The smallest absolute Gasteiger partial charge is 0.260 e. The molecule has 0 radical (unpaired) electrons. The molecule has 0 saturated heterocycles. The maximum absolute atomic E-state index is 14.5. The molecule has 5 N–H and O–H groups in total. The molecular weight excluding hydrogens is 460 g/mol. The number of hydrogen-bond donors (Lipinski definition) is 4. The summed E-state index contributed by atoms with van der Waals surface area (Å²) in [5.41, 5.74) is 6.97. The maximum atomic E-state index is 14.5. The molecule has 8 heteroatoms. The van der Waals surface area contributed by atoms with Gasteiger partial charge in [0.05, 0.1) is 11.3 Å². The second kappa shape index (κ2) is 11.1. The van der Waals surface area contributed by atoms with E-state index in [0.717, 1.165) is 24.7 Å². The number of aromatic nitrogens is 2. The molecule has 1 aromatic heterocycles. The lowest BCUT2D eigenvalue weighted by Gasteiger charge is -2.34. The highest BCUT2D eigenvalue weighted by Gasteiger charge is 2.31. The standard InChI is InChI=1S/C27H43FN5OP/c1-10-13-35-20-12-11-17(14-19(20)28)30-24(34)18(15-29)22-31-21(26(5,6)7)23(32-22)33-27(8,9)16-25(2,3)4/h11-12,14-15,33,35H,10,13,16,29H2,1-9H3,(H,30,34)(H,31,32)/b18-15+. The van der Waals surface area contributed by atoms with Crippen LogP contribution in [-0.2, 0) is 10.2 Å². The van der Waals surface area contributed by atoms with Crippen LogP contribution in [-0.4, -0.2) is 27.6 Å². The van der Waals surface area contributed by atoms with Crippen LogP contribution >= 0.6 is 8.58 Å². The molecule has 35 heavy (non-hydrogen) atoms. The number of carbonyl (C=O) groups excluding carboxylic acids is 1. The quantitative estimate of drug-likeness (QED) is 0.245. The van der Waals surface area contributed by atoms with Gasteiger partial charge in [0, 0.05) is 28.1 Å². The SMILES string of the molecule is CCCPc1ccc(NC(=O)/C(=C/N)c2nc(NC(C)(C)CC(C)(C)C)c(C(C)(C)C)[nH]2)cc1F. The summed E-state index contributed by atoms with van der Waals surface area (Å²) in [7, 11) is 0.414. The van der Waals surface area contributed by atoms with Crippen molar-refractivity contribution < 1.29 is 9.18 Å². The van der Waals surface area contributed by atoms with E-state index in [0.29, 0.717) is 31.2 Å². The minimum absolute atomic E-state index is 0.127. The zero-order chi connectivity index (χ0) is 26.6. The highest BCUT2D eigenvalue weighted by atomic mass is 31.1. The Morgan fingerprint density at radius 3 is 2.34 bits per heavy atom. The van der Waals surface area contributed by atoms with Crippen LogP contribution in [0.4, 0.5) is 15.9 Å². The van der Waals surface area contributed by atoms with Crippen molar-refractivity contribution in [3.05, 3.63) is 41.7 Å². The van der Waals surface area contributed by atoms with Crippen LogP contribution in [0.2, 0.25) is 0 Å². The zero-order valence-electron chi connectivity index (χ0n) is 22.7. The third kappa shape index (κ3) is 8.34. The lowest BCUT2D eigenvalue weighted by Crippen LogP contribution is -2.36. The Bertz CT molecular complexity index is 1060. The van der Waals surface area contributed by atoms with E-state index < -0.39 is 5.91 Å². The average Bonchev–Trinajstić information content (AvgIpc) is 3.09. The van der Waals surface area contributed by atoms with Crippen LogP contribution in [0.5, 0.6) is 0 Å². The zero-order valence-corrected chi connectivity index (χ0v) is 23.7. The minimum atomic E-state index is -0.453. The van der Waals surface area contributed by atoms with Crippen LogP contribution < -0.4 is 21.7 Å². The Labute approximate surface area is 211 Å². The molecule has 1 heterocycles. The molecular formula is C27H43FN5OP. The van der Waals surface area contributed by atoms with Gasteiger partial charge in [-0.1, -0.05) is 63.5 Å². The number of halogens is 1. The highest BCUT2D eigenvalue weighted by molar-refractivity contribution is 7.47. The number of benzene rings is 1. The van der Waals surface area contributed by atoms with Crippen molar-refractivity contribution in [3.63, 3.8) is 0 Å². The molecule has 6 nitrogen and oxygen atoms in total.